The van der Waals surface area contributed by atoms with Crippen LogP contribution in [0.2, 0.25) is 20.1 Å². The van der Waals surface area contributed by atoms with Crippen LogP contribution in [0, 0.1) is 0 Å². The van der Waals surface area contributed by atoms with Crippen LogP contribution in [0.4, 0.5) is 0 Å². The van der Waals surface area contributed by atoms with Crippen LogP contribution in [0.1, 0.15) is 21.1 Å². The van der Waals surface area contributed by atoms with Gasteiger partial charge in [0.25, 0.3) is 10.2 Å². The second-order valence-corrected chi connectivity index (χ2v) is 5.65. The molecule has 0 radical (unpaired) electrons. The molecular weight excluding hydrogens is 358 g/mol. The normalized spacial score (nSPS) is 10.7. The smallest absolute Gasteiger partial charge is 0.264 e. The Kier molecular flexibility index (Phi) is 4.53. The van der Waals surface area contributed by atoms with Crippen molar-refractivity contribution in [3.8, 4) is 0 Å². The fourth-order valence-corrected chi connectivity index (χ4v) is 2.47. The lowest BCUT2D eigenvalue weighted by atomic mass is 10.5. The highest BCUT2D eigenvalue weighted by atomic mass is 35.5. The zero-order valence-corrected chi connectivity index (χ0v) is 12.5. The third kappa shape index (κ3) is 2.95. The topological polar surface area (TPSA) is 60.4 Å². The molecule has 0 unspecified atom stereocenters. The fourth-order valence-electron chi connectivity index (χ4n) is 1.10. The summed E-state index contributed by atoms with van der Waals surface area (Å²) in [5, 5.41) is -1.39. The van der Waals surface area contributed by atoms with Crippen LogP contribution in [0.5, 0.6) is 0 Å². The molecule has 9 heteroatoms. The van der Waals surface area contributed by atoms with Crippen LogP contribution in [0.25, 0.3) is 0 Å². The van der Waals surface area contributed by atoms with Crippen LogP contribution < -0.4 is 0 Å². The van der Waals surface area contributed by atoms with E-state index in [9.17, 15) is 9.59 Å². The van der Waals surface area contributed by atoms with Crippen LogP contribution in [-0.4, -0.2) is 10.2 Å². The van der Waals surface area contributed by atoms with E-state index in [1.54, 1.807) is 0 Å². The molecule has 0 N–H and O–H groups in total. The Hall–Kier alpha value is -0.590. The molecule has 0 fully saturated rings. The summed E-state index contributed by atoms with van der Waals surface area (Å²) in [5.41, 5.74) is 0. The van der Waals surface area contributed by atoms with Crippen molar-refractivity contribution in [3.05, 3.63) is 44.1 Å². The van der Waals surface area contributed by atoms with Crippen LogP contribution in [-0.2, 0) is 0 Å². The second kappa shape index (κ2) is 5.81. The molecule has 0 spiro atoms. The number of carbonyl (C=O) groups is 2. The van der Waals surface area contributed by atoms with Crippen LogP contribution >= 0.6 is 58.2 Å². The first-order valence-corrected chi connectivity index (χ1v) is 6.86. The van der Waals surface area contributed by atoms with Crippen molar-refractivity contribution in [3.63, 3.8) is 0 Å². The highest BCUT2D eigenvalue weighted by molar-refractivity contribution is 8.26. The third-order valence-corrected chi connectivity index (χ3v) is 4.18. The third-order valence-electron chi connectivity index (χ3n) is 1.93. The van der Waals surface area contributed by atoms with Gasteiger partial charge in [0.2, 0.25) is 11.5 Å². The van der Waals surface area contributed by atoms with Gasteiger partial charge in [0.1, 0.15) is 22.6 Å². The molecule has 2 aromatic heterocycles. The molecule has 0 aromatic carbocycles. The van der Waals surface area contributed by atoms with Gasteiger partial charge in [0, 0.05) is 11.8 Å². The Balaban J connectivity index is 2.18. The number of hydrogen-bond donors (Lipinski definition) is 0. The van der Waals surface area contributed by atoms with E-state index in [4.69, 9.17) is 55.2 Å². The predicted molar refractivity (Wildman–Crippen MR) is 73.7 cm³/mol. The Morgan fingerprint density at radius 2 is 1.21 bits per heavy atom. The standard InChI is InChI=1S/C10H2Cl4O4S/c11-3-1-17-7(5(3)13)9(15)19-10(16)8-6(14)4(12)2-18-8/h1-2H. The monoisotopic (exact) mass is 358 g/mol. The van der Waals surface area contributed by atoms with Crippen molar-refractivity contribution in [1.82, 2.24) is 0 Å². The van der Waals surface area contributed by atoms with E-state index in [-0.39, 0.29) is 31.6 Å². The minimum absolute atomic E-state index is 0.0597. The van der Waals surface area contributed by atoms with Crippen molar-refractivity contribution in [2.45, 2.75) is 0 Å². The van der Waals surface area contributed by atoms with Gasteiger partial charge in [0.05, 0.1) is 10.0 Å². The van der Waals surface area contributed by atoms with Crippen LogP contribution in [0.15, 0.2) is 21.4 Å². The fraction of sp³-hybridized carbons (Fsp3) is 0. The number of rotatable bonds is 2. The summed E-state index contributed by atoms with van der Waals surface area (Å²) in [6, 6.07) is 0. The van der Waals surface area contributed by atoms with Crippen molar-refractivity contribution in [2.75, 3.05) is 0 Å². The van der Waals surface area contributed by atoms with Crippen molar-refractivity contribution < 1.29 is 18.4 Å². The minimum Gasteiger partial charge on any atom is -0.457 e. The maximum absolute atomic E-state index is 11.8. The quantitative estimate of drug-likeness (QED) is 0.737. The molecule has 4 nitrogen and oxygen atoms in total. The number of furan rings is 2. The Morgan fingerprint density at radius 3 is 1.47 bits per heavy atom. The molecule has 0 aliphatic heterocycles. The molecule has 2 rings (SSSR count). The van der Waals surface area contributed by atoms with Gasteiger partial charge >= 0.3 is 0 Å². The lowest BCUT2D eigenvalue weighted by molar-refractivity contribution is 0.104. The van der Waals surface area contributed by atoms with Crippen LogP contribution in [0.3, 0.4) is 0 Å². The minimum atomic E-state index is -0.717. The van der Waals surface area contributed by atoms with Gasteiger partial charge in [-0.2, -0.15) is 0 Å². The van der Waals surface area contributed by atoms with E-state index in [0.29, 0.717) is 11.8 Å². The molecule has 0 saturated heterocycles. The Morgan fingerprint density at radius 1 is 0.842 bits per heavy atom. The van der Waals surface area contributed by atoms with Crippen molar-refractivity contribution in [1.29, 1.82) is 0 Å². The molecule has 0 bridgehead atoms. The van der Waals surface area contributed by atoms with E-state index < -0.39 is 10.2 Å². The molecule has 0 aliphatic carbocycles. The molecule has 0 atom stereocenters. The molecule has 19 heavy (non-hydrogen) atoms. The molecule has 0 amide bonds. The Labute approximate surface area is 130 Å². The van der Waals surface area contributed by atoms with Gasteiger partial charge in [-0.05, 0) is 0 Å². The summed E-state index contributed by atoms with van der Waals surface area (Å²) in [5.74, 6) is -0.447. The maximum atomic E-state index is 11.8. The number of carbonyl (C=O) groups excluding carboxylic acids is 2. The van der Waals surface area contributed by atoms with E-state index in [1.807, 2.05) is 0 Å². The largest absolute Gasteiger partial charge is 0.457 e. The number of hydrogen-bond acceptors (Lipinski definition) is 5. The van der Waals surface area contributed by atoms with E-state index in [2.05, 4.69) is 0 Å². The molecule has 2 heterocycles. The van der Waals surface area contributed by atoms with Gasteiger partial charge in [-0.1, -0.05) is 46.4 Å². The first kappa shape index (κ1) is 14.8. The second-order valence-electron chi connectivity index (χ2n) is 3.13. The zero-order valence-electron chi connectivity index (χ0n) is 8.71. The lowest BCUT2D eigenvalue weighted by Gasteiger charge is -1.96. The lowest BCUT2D eigenvalue weighted by Crippen LogP contribution is -2.00. The van der Waals surface area contributed by atoms with Gasteiger partial charge in [-0.3, -0.25) is 9.59 Å². The highest BCUT2D eigenvalue weighted by Crippen LogP contribution is 2.34. The van der Waals surface area contributed by atoms with Gasteiger partial charge in [0.15, 0.2) is 0 Å². The number of thioether (sulfide) groups is 1. The predicted octanol–water partition coefficient (Wildman–Crippen LogP) is 5.20. The van der Waals surface area contributed by atoms with Gasteiger partial charge in [-0.15, -0.1) is 0 Å². The molecule has 0 aliphatic rings. The summed E-state index contributed by atoms with van der Waals surface area (Å²) in [4.78, 5) is 23.5. The van der Waals surface area contributed by atoms with Crippen molar-refractivity contribution >= 4 is 68.4 Å². The summed E-state index contributed by atoms with van der Waals surface area (Å²) >= 11 is 23.0. The first-order valence-electron chi connectivity index (χ1n) is 4.53. The maximum Gasteiger partial charge on any atom is 0.264 e. The molecule has 2 aromatic rings. The van der Waals surface area contributed by atoms with Gasteiger partial charge in [-0.25, -0.2) is 0 Å². The highest BCUT2D eigenvalue weighted by Gasteiger charge is 2.26. The molecule has 100 valence electrons. The van der Waals surface area contributed by atoms with Gasteiger partial charge < -0.3 is 8.83 Å². The molecule has 0 saturated carbocycles. The summed E-state index contributed by atoms with van der Waals surface area (Å²) in [6.07, 6.45) is 2.19. The van der Waals surface area contributed by atoms with Crippen molar-refractivity contribution in [2.24, 2.45) is 0 Å². The average Bonchev–Trinajstić information content (AvgIpc) is 2.85. The van der Waals surface area contributed by atoms with E-state index in [1.165, 1.54) is 0 Å². The summed E-state index contributed by atoms with van der Waals surface area (Å²) < 4.78 is 9.71. The summed E-state index contributed by atoms with van der Waals surface area (Å²) in [7, 11) is 0. The summed E-state index contributed by atoms with van der Waals surface area (Å²) in [6.45, 7) is 0. The Bertz CT molecular complexity index is 604. The average molecular weight is 360 g/mol. The zero-order chi connectivity index (χ0) is 14.2. The van der Waals surface area contributed by atoms with E-state index in [0.717, 1.165) is 12.5 Å². The SMILES string of the molecule is O=C(SC(=O)c1occ(Cl)c1Cl)c1occ(Cl)c1Cl. The molecular formula is C10H2Cl4O4S. The first-order chi connectivity index (χ1) is 8.91. The van der Waals surface area contributed by atoms with E-state index >= 15 is 0 Å². The number of halogens is 4.